The van der Waals surface area contributed by atoms with E-state index in [2.05, 4.69) is 6.08 Å². The summed E-state index contributed by atoms with van der Waals surface area (Å²) in [5, 5.41) is -0.744. The molecular weight excluding hydrogens is 264 g/mol. The van der Waals surface area contributed by atoms with Crippen LogP contribution < -0.4 is 0 Å². The smallest absolute Gasteiger partial charge is 0.161 e. The van der Waals surface area contributed by atoms with Crippen molar-refractivity contribution in [1.82, 2.24) is 0 Å². The predicted octanol–water partition coefficient (Wildman–Crippen LogP) is 1.37. The fraction of sp³-hybridized carbons (Fsp3) is 0.714. The third-order valence-corrected chi connectivity index (χ3v) is 7.52. The summed E-state index contributed by atoms with van der Waals surface area (Å²) in [4.78, 5) is 0. The molecule has 0 amide bonds. The largest absolute Gasteiger partial charge is 0.365 e. The molecule has 4 aliphatic heterocycles. The zero-order valence-corrected chi connectivity index (χ0v) is 11.9. The van der Waals surface area contributed by atoms with E-state index in [-0.39, 0.29) is 34.9 Å². The highest BCUT2D eigenvalue weighted by molar-refractivity contribution is 7.92. The van der Waals surface area contributed by atoms with Crippen LogP contribution in [-0.4, -0.2) is 43.3 Å². The Morgan fingerprint density at radius 1 is 1.05 bits per heavy atom. The average Bonchev–Trinajstić information content (AvgIpc) is 3.04. The molecule has 5 heteroatoms. The van der Waals surface area contributed by atoms with Gasteiger partial charge in [-0.15, -0.1) is 0 Å². The summed E-state index contributed by atoms with van der Waals surface area (Å²) in [6.45, 7) is 3.98. The van der Waals surface area contributed by atoms with E-state index in [1.165, 1.54) is 5.57 Å². The molecule has 0 spiro atoms. The second kappa shape index (κ2) is 3.71. The van der Waals surface area contributed by atoms with Gasteiger partial charge >= 0.3 is 0 Å². The van der Waals surface area contributed by atoms with E-state index < -0.39 is 9.84 Å². The van der Waals surface area contributed by atoms with Gasteiger partial charge in [0, 0.05) is 0 Å². The van der Waals surface area contributed by atoms with Gasteiger partial charge in [0.25, 0.3) is 0 Å². The molecule has 4 aliphatic rings. The Morgan fingerprint density at radius 2 is 1.84 bits per heavy atom. The normalized spacial score (nSPS) is 47.7. The lowest BCUT2D eigenvalue weighted by atomic mass is 10.00. The van der Waals surface area contributed by atoms with Gasteiger partial charge in [0.15, 0.2) is 9.84 Å². The van der Waals surface area contributed by atoms with Crippen molar-refractivity contribution in [3.8, 4) is 0 Å². The van der Waals surface area contributed by atoms with E-state index >= 15 is 0 Å². The lowest BCUT2D eigenvalue weighted by Crippen LogP contribution is -2.42. The van der Waals surface area contributed by atoms with Crippen molar-refractivity contribution in [3.63, 3.8) is 0 Å². The van der Waals surface area contributed by atoms with E-state index in [4.69, 9.17) is 9.47 Å². The third kappa shape index (κ3) is 1.55. The minimum atomic E-state index is -3.19. The van der Waals surface area contributed by atoms with Crippen LogP contribution in [0.5, 0.6) is 0 Å². The molecule has 2 saturated heterocycles. The van der Waals surface area contributed by atoms with Crippen LogP contribution >= 0.6 is 0 Å². The Labute approximate surface area is 113 Å². The quantitative estimate of drug-likeness (QED) is 0.718. The van der Waals surface area contributed by atoms with Gasteiger partial charge < -0.3 is 9.47 Å². The Balaban J connectivity index is 1.64. The molecule has 0 saturated carbocycles. The highest BCUT2D eigenvalue weighted by atomic mass is 32.2. The molecule has 104 valence electrons. The van der Waals surface area contributed by atoms with Crippen LogP contribution in [0.4, 0.5) is 0 Å². The van der Waals surface area contributed by atoms with Crippen molar-refractivity contribution in [2.75, 3.05) is 0 Å². The lowest BCUT2D eigenvalue weighted by molar-refractivity contribution is 0.114. The summed E-state index contributed by atoms with van der Waals surface area (Å²) in [6.07, 6.45) is 4.82. The minimum Gasteiger partial charge on any atom is -0.365 e. The Kier molecular flexibility index (Phi) is 2.37. The maximum absolute atomic E-state index is 12.9. The predicted molar refractivity (Wildman–Crippen MR) is 70.6 cm³/mol. The summed E-state index contributed by atoms with van der Waals surface area (Å²) in [5.74, 6) is 0. The molecule has 6 unspecified atom stereocenters. The average molecular weight is 282 g/mol. The first-order valence-electron chi connectivity index (χ1n) is 6.87. The van der Waals surface area contributed by atoms with Gasteiger partial charge in [-0.1, -0.05) is 12.2 Å². The summed E-state index contributed by atoms with van der Waals surface area (Å²) in [6, 6.07) is 0. The maximum Gasteiger partial charge on any atom is 0.161 e. The second-order valence-electron chi connectivity index (χ2n) is 6.14. The van der Waals surface area contributed by atoms with Crippen molar-refractivity contribution in [1.29, 1.82) is 0 Å². The van der Waals surface area contributed by atoms with E-state index in [1.807, 2.05) is 19.9 Å². The third-order valence-electron chi connectivity index (χ3n) is 4.93. The first-order chi connectivity index (χ1) is 8.96. The van der Waals surface area contributed by atoms with E-state index in [9.17, 15) is 8.42 Å². The molecule has 6 atom stereocenters. The first kappa shape index (κ1) is 12.1. The van der Waals surface area contributed by atoms with E-state index in [1.54, 1.807) is 0 Å². The van der Waals surface area contributed by atoms with Gasteiger partial charge in [0.2, 0.25) is 0 Å². The number of sulfone groups is 1. The molecule has 4 bridgehead atoms. The van der Waals surface area contributed by atoms with Crippen molar-refractivity contribution in [2.45, 2.75) is 61.6 Å². The van der Waals surface area contributed by atoms with Crippen LogP contribution in [0.15, 0.2) is 23.3 Å². The Bertz CT molecular complexity index is 589. The summed E-state index contributed by atoms with van der Waals surface area (Å²) >= 11 is 0. The zero-order valence-electron chi connectivity index (χ0n) is 11.1. The molecule has 4 nitrogen and oxygen atoms in total. The molecule has 0 N–H and O–H groups in total. The molecule has 0 aromatic heterocycles. The lowest BCUT2D eigenvalue weighted by Gasteiger charge is -2.25. The Morgan fingerprint density at radius 3 is 2.37 bits per heavy atom. The molecule has 0 radical (unpaired) electrons. The van der Waals surface area contributed by atoms with Crippen LogP contribution in [0.1, 0.15) is 26.7 Å². The molecule has 4 rings (SSSR count). The summed E-state index contributed by atoms with van der Waals surface area (Å²) < 4.78 is 37.1. The monoisotopic (exact) mass is 282 g/mol. The number of rotatable bonds is 2. The number of hydrogen-bond donors (Lipinski definition) is 0. The van der Waals surface area contributed by atoms with Crippen molar-refractivity contribution in [3.05, 3.63) is 23.3 Å². The molecule has 0 aromatic rings. The van der Waals surface area contributed by atoms with Gasteiger partial charge in [-0.25, -0.2) is 8.42 Å². The number of fused-ring (bicyclic) bond motifs is 4. The first-order valence-corrected chi connectivity index (χ1v) is 8.48. The van der Waals surface area contributed by atoms with Crippen LogP contribution in [-0.2, 0) is 19.3 Å². The Hall–Kier alpha value is -0.650. The summed E-state index contributed by atoms with van der Waals surface area (Å²) in [7, 11) is -3.19. The SMILES string of the molecule is CC1=CC2OC1CC2S(=O)(=O)C1CC2C=C(C)C1O2. The fourth-order valence-electron chi connectivity index (χ4n) is 3.92. The number of hydrogen-bond acceptors (Lipinski definition) is 4. The fourth-order valence-corrected chi connectivity index (χ4v) is 6.41. The van der Waals surface area contributed by atoms with E-state index in [0.29, 0.717) is 12.8 Å². The van der Waals surface area contributed by atoms with Crippen molar-refractivity contribution in [2.24, 2.45) is 0 Å². The van der Waals surface area contributed by atoms with Gasteiger partial charge in [0.1, 0.15) is 0 Å². The molecule has 19 heavy (non-hydrogen) atoms. The molecule has 2 fully saturated rings. The highest BCUT2D eigenvalue weighted by Gasteiger charge is 2.54. The maximum atomic E-state index is 12.9. The van der Waals surface area contributed by atoms with Crippen LogP contribution in [0, 0.1) is 0 Å². The molecule has 0 aliphatic carbocycles. The van der Waals surface area contributed by atoms with Gasteiger partial charge in [0.05, 0.1) is 34.9 Å². The van der Waals surface area contributed by atoms with Gasteiger partial charge in [-0.2, -0.15) is 0 Å². The number of ether oxygens (including phenoxy) is 2. The van der Waals surface area contributed by atoms with Crippen molar-refractivity contribution >= 4 is 9.84 Å². The molecule has 0 aromatic carbocycles. The highest BCUT2D eigenvalue weighted by Crippen LogP contribution is 2.44. The van der Waals surface area contributed by atoms with Crippen LogP contribution in [0.2, 0.25) is 0 Å². The standard InChI is InChI=1S/C14H18O4S/c1-7-4-11-12(6-10(7)18-11)19(15,16)13-5-9-3-8(2)14(13)17-9/h3-4,9-14H,5-6H2,1-2H3. The minimum absolute atomic E-state index is 0.00145. The molecule has 4 heterocycles. The topological polar surface area (TPSA) is 52.6 Å². The second-order valence-corrected chi connectivity index (χ2v) is 8.53. The summed E-state index contributed by atoms with van der Waals surface area (Å²) in [5.41, 5.74) is 2.25. The molecular formula is C14H18O4S. The van der Waals surface area contributed by atoms with Crippen LogP contribution in [0.3, 0.4) is 0 Å². The van der Waals surface area contributed by atoms with E-state index in [0.717, 1.165) is 5.57 Å². The van der Waals surface area contributed by atoms with Crippen molar-refractivity contribution < 1.29 is 17.9 Å². The zero-order chi connectivity index (χ0) is 13.4. The van der Waals surface area contributed by atoms with Crippen LogP contribution in [0.25, 0.3) is 0 Å². The van der Waals surface area contributed by atoms with Gasteiger partial charge in [-0.3, -0.25) is 0 Å². The van der Waals surface area contributed by atoms with Gasteiger partial charge in [-0.05, 0) is 37.8 Å².